The molecule has 10 heavy (non-hydrogen) atoms. The van der Waals surface area contributed by atoms with Gasteiger partial charge in [0.1, 0.15) is 0 Å². The lowest BCUT2D eigenvalue weighted by Gasteiger charge is -2.29. The molecule has 0 aromatic rings. The molecule has 0 aromatic heterocycles. The molecule has 0 spiro atoms. The van der Waals surface area contributed by atoms with E-state index in [0.29, 0.717) is 5.41 Å². The van der Waals surface area contributed by atoms with E-state index in [1.165, 1.54) is 19.3 Å². The van der Waals surface area contributed by atoms with Crippen molar-refractivity contribution in [1.82, 2.24) is 0 Å². The van der Waals surface area contributed by atoms with Gasteiger partial charge in [0.25, 0.3) is 0 Å². The van der Waals surface area contributed by atoms with E-state index in [-0.39, 0.29) is 0 Å². The Hall–Kier alpha value is -0.260. The third-order valence-corrected chi connectivity index (χ3v) is 3.60. The summed E-state index contributed by atoms with van der Waals surface area (Å²) in [5.74, 6) is 1.86. The van der Waals surface area contributed by atoms with Crippen LogP contribution in [0.25, 0.3) is 0 Å². The molecule has 2 bridgehead atoms. The van der Waals surface area contributed by atoms with Crippen LogP contribution in [0.15, 0.2) is 12.2 Å². The van der Waals surface area contributed by atoms with Crippen LogP contribution in [0.5, 0.6) is 0 Å². The Bertz CT molecular complexity index is 169. The van der Waals surface area contributed by atoms with Gasteiger partial charge in [-0.3, -0.25) is 0 Å². The van der Waals surface area contributed by atoms with E-state index in [0.717, 1.165) is 11.8 Å². The van der Waals surface area contributed by atoms with E-state index >= 15 is 0 Å². The number of fused-ring (bicyclic) bond motifs is 2. The Kier molecular flexibility index (Phi) is 1.21. The molecule has 3 unspecified atom stereocenters. The minimum absolute atomic E-state index is 0.666. The highest BCUT2D eigenvalue weighted by molar-refractivity contribution is 5.13. The summed E-state index contributed by atoms with van der Waals surface area (Å²) in [5, 5.41) is 0. The predicted molar refractivity (Wildman–Crippen MR) is 43.8 cm³/mol. The standard InChI is InChI=1S/C10H16/c1-3-10(2)7-8-4-5-9(10)6-8/h4-5,8-9H,3,6-7H2,1-2H3. The average molecular weight is 136 g/mol. The van der Waals surface area contributed by atoms with Gasteiger partial charge in [-0.1, -0.05) is 32.4 Å². The van der Waals surface area contributed by atoms with Crippen molar-refractivity contribution in [3.8, 4) is 0 Å². The van der Waals surface area contributed by atoms with Gasteiger partial charge >= 0.3 is 0 Å². The molecule has 2 aliphatic rings. The van der Waals surface area contributed by atoms with Crippen molar-refractivity contribution in [2.24, 2.45) is 17.3 Å². The first-order valence-corrected chi connectivity index (χ1v) is 4.43. The van der Waals surface area contributed by atoms with Gasteiger partial charge in [0.15, 0.2) is 0 Å². The van der Waals surface area contributed by atoms with E-state index in [9.17, 15) is 0 Å². The monoisotopic (exact) mass is 136 g/mol. The van der Waals surface area contributed by atoms with Crippen LogP contribution in [0.2, 0.25) is 0 Å². The van der Waals surface area contributed by atoms with Crippen molar-refractivity contribution in [1.29, 1.82) is 0 Å². The third kappa shape index (κ3) is 0.680. The molecule has 0 nitrogen and oxygen atoms in total. The molecule has 0 saturated heterocycles. The molecule has 2 aliphatic carbocycles. The summed E-state index contributed by atoms with van der Waals surface area (Å²) < 4.78 is 0. The highest BCUT2D eigenvalue weighted by atomic mass is 14.5. The zero-order valence-corrected chi connectivity index (χ0v) is 6.93. The summed E-state index contributed by atoms with van der Waals surface area (Å²) in [4.78, 5) is 0. The third-order valence-electron chi connectivity index (χ3n) is 3.60. The number of hydrogen-bond donors (Lipinski definition) is 0. The van der Waals surface area contributed by atoms with Crippen molar-refractivity contribution in [2.75, 3.05) is 0 Å². The summed E-state index contributed by atoms with van der Waals surface area (Å²) in [6.45, 7) is 4.77. The van der Waals surface area contributed by atoms with Crippen molar-refractivity contribution in [3.63, 3.8) is 0 Å². The van der Waals surface area contributed by atoms with Crippen LogP contribution in [0.1, 0.15) is 33.1 Å². The van der Waals surface area contributed by atoms with Crippen LogP contribution < -0.4 is 0 Å². The maximum atomic E-state index is 2.45. The first kappa shape index (κ1) is 6.45. The lowest BCUT2D eigenvalue weighted by atomic mass is 9.76. The quantitative estimate of drug-likeness (QED) is 0.486. The van der Waals surface area contributed by atoms with Crippen LogP contribution in [-0.4, -0.2) is 0 Å². The summed E-state index contributed by atoms with van der Waals surface area (Å²) in [5.41, 5.74) is 0.666. The lowest BCUT2D eigenvalue weighted by Crippen LogP contribution is -2.20. The van der Waals surface area contributed by atoms with E-state index in [1.54, 1.807) is 0 Å². The van der Waals surface area contributed by atoms with E-state index in [4.69, 9.17) is 0 Å². The molecule has 56 valence electrons. The van der Waals surface area contributed by atoms with Crippen molar-refractivity contribution in [3.05, 3.63) is 12.2 Å². The van der Waals surface area contributed by atoms with Crippen molar-refractivity contribution >= 4 is 0 Å². The SMILES string of the molecule is CCC1(C)CC2C=CC1C2. The maximum Gasteiger partial charge on any atom is -0.0174 e. The Morgan fingerprint density at radius 3 is 2.60 bits per heavy atom. The largest absolute Gasteiger partial charge is 0.0851 e. The molecule has 0 radical (unpaired) electrons. The van der Waals surface area contributed by atoms with Crippen LogP contribution in [0.4, 0.5) is 0 Å². The number of hydrogen-bond acceptors (Lipinski definition) is 0. The van der Waals surface area contributed by atoms with Crippen molar-refractivity contribution in [2.45, 2.75) is 33.1 Å². The molecule has 3 atom stereocenters. The lowest BCUT2D eigenvalue weighted by molar-refractivity contribution is 0.251. The van der Waals surface area contributed by atoms with Crippen LogP contribution in [0.3, 0.4) is 0 Å². The highest BCUT2D eigenvalue weighted by Gasteiger charge is 2.43. The first-order chi connectivity index (χ1) is 4.74. The summed E-state index contributed by atoms with van der Waals surface area (Å²) in [6, 6.07) is 0. The predicted octanol–water partition coefficient (Wildman–Crippen LogP) is 3.00. The fourth-order valence-corrected chi connectivity index (χ4v) is 2.60. The summed E-state index contributed by atoms with van der Waals surface area (Å²) >= 11 is 0. The molecule has 0 N–H and O–H groups in total. The molecule has 0 aliphatic heterocycles. The molecule has 0 aromatic carbocycles. The molecular formula is C10H16. The van der Waals surface area contributed by atoms with Crippen LogP contribution in [-0.2, 0) is 0 Å². The summed E-state index contributed by atoms with van der Waals surface area (Å²) in [6.07, 6.45) is 9.12. The second-order valence-electron chi connectivity index (χ2n) is 4.20. The minimum Gasteiger partial charge on any atom is -0.0851 e. The number of rotatable bonds is 1. The van der Waals surface area contributed by atoms with Gasteiger partial charge in [-0.15, -0.1) is 0 Å². The molecule has 1 fully saturated rings. The average Bonchev–Trinajstić information content (AvgIpc) is 2.46. The van der Waals surface area contributed by atoms with Crippen molar-refractivity contribution < 1.29 is 0 Å². The fourth-order valence-electron chi connectivity index (χ4n) is 2.60. The topological polar surface area (TPSA) is 0 Å². The van der Waals surface area contributed by atoms with Gasteiger partial charge in [0, 0.05) is 0 Å². The number of allylic oxidation sites excluding steroid dienone is 2. The molecule has 0 heteroatoms. The normalized spacial score (nSPS) is 50.6. The smallest absolute Gasteiger partial charge is 0.0174 e. The van der Waals surface area contributed by atoms with Crippen LogP contribution in [0, 0.1) is 17.3 Å². The Balaban J connectivity index is 2.22. The van der Waals surface area contributed by atoms with Gasteiger partial charge < -0.3 is 0 Å². The molecule has 0 amide bonds. The molecule has 2 rings (SSSR count). The highest BCUT2D eigenvalue weighted by Crippen LogP contribution is 2.53. The Labute approximate surface area is 63.3 Å². The Morgan fingerprint density at radius 1 is 1.50 bits per heavy atom. The molecular weight excluding hydrogens is 120 g/mol. The summed E-state index contributed by atoms with van der Waals surface area (Å²) in [7, 11) is 0. The molecule has 1 saturated carbocycles. The van der Waals surface area contributed by atoms with Crippen LogP contribution >= 0.6 is 0 Å². The first-order valence-electron chi connectivity index (χ1n) is 4.43. The second kappa shape index (κ2) is 1.87. The van der Waals surface area contributed by atoms with Gasteiger partial charge in [-0.2, -0.15) is 0 Å². The zero-order valence-electron chi connectivity index (χ0n) is 6.93. The van der Waals surface area contributed by atoms with E-state index in [2.05, 4.69) is 26.0 Å². The van der Waals surface area contributed by atoms with Gasteiger partial charge in [-0.25, -0.2) is 0 Å². The van der Waals surface area contributed by atoms with E-state index < -0.39 is 0 Å². The fraction of sp³-hybridized carbons (Fsp3) is 0.800. The van der Waals surface area contributed by atoms with Gasteiger partial charge in [0.2, 0.25) is 0 Å². The second-order valence-corrected chi connectivity index (χ2v) is 4.20. The van der Waals surface area contributed by atoms with Gasteiger partial charge in [0.05, 0.1) is 0 Å². The minimum atomic E-state index is 0.666. The zero-order chi connectivity index (χ0) is 7.19. The Morgan fingerprint density at radius 2 is 2.30 bits per heavy atom. The van der Waals surface area contributed by atoms with E-state index in [1.807, 2.05) is 0 Å². The van der Waals surface area contributed by atoms with Gasteiger partial charge in [-0.05, 0) is 30.1 Å². The molecule has 0 heterocycles. The maximum absolute atomic E-state index is 2.45.